The predicted molar refractivity (Wildman–Crippen MR) is 112 cm³/mol. The summed E-state index contributed by atoms with van der Waals surface area (Å²) in [5.41, 5.74) is 3.03. The summed E-state index contributed by atoms with van der Waals surface area (Å²) in [6.07, 6.45) is 5.26. The van der Waals surface area contributed by atoms with Crippen molar-refractivity contribution in [3.8, 4) is 0 Å². The molecule has 0 aliphatic rings. The molecular weight excluding hydrogens is 394 g/mol. The zero-order chi connectivity index (χ0) is 19.7. The molecule has 0 aliphatic heterocycles. The number of thiazole rings is 1. The lowest BCUT2D eigenvalue weighted by Gasteiger charge is -2.18. The van der Waals surface area contributed by atoms with E-state index in [1.807, 2.05) is 38.1 Å². The van der Waals surface area contributed by atoms with Gasteiger partial charge in [0.25, 0.3) is 5.91 Å². The van der Waals surface area contributed by atoms with Crippen LogP contribution in [0.1, 0.15) is 28.5 Å². The molecule has 0 radical (unpaired) electrons. The van der Waals surface area contributed by atoms with E-state index in [2.05, 4.69) is 10.1 Å². The lowest BCUT2D eigenvalue weighted by Crippen LogP contribution is -2.30. The van der Waals surface area contributed by atoms with E-state index in [1.165, 1.54) is 11.3 Å². The maximum absolute atomic E-state index is 13.3. The van der Waals surface area contributed by atoms with Crippen LogP contribution in [0.5, 0.6) is 0 Å². The Morgan fingerprint density at radius 3 is 2.86 bits per heavy atom. The summed E-state index contributed by atoms with van der Waals surface area (Å²) >= 11 is 7.71. The number of rotatable bonds is 5. The maximum atomic E-state index is 13.3. The van der Waals surface area contributed by atoms with Crippen LogP contribution in [0.3, 0.4) is 0 Å². The van der Waals surface area contributed by atoms with E-state index in [0.717, 1.165) is 21.3 Å². The van der Waals surface area contributed by atoms with Gasteiger partial charge in [-0.05, 0) is 49.2 Å². The fourth-order valence-corrected chi connectivity index (χ4v) is 4.07. The molecule has 0 saturated heterocycles. The van der Waals surface area contributed by atoms with Crippen molar-refractivity contribution in [3.05, 3.63) is 70.8 Å². The Labute approximate surface area is 171 Å². The fourth-order valence-electron chi connectivity index (χ4n) is 2.89. The highest BCUT2D eigenvalue weighted by Crippen LogP contribution is 2.34. The first-order valence-electron chi connectivity index (χ1n) is 8.86. The van der Waals surface area contributed by atoms with E-state index in [-0.39, 0.29) is 5.91 Å². The Bertz CT molecular complexity index is 1140. The third kappa shape index (κ3) is 3.50. The van der Waals surface area contributed by atoms with Crippen LogP contribution in [0.15, 0.2) is 48.9 Å². The van der Waals surface area contributed by atoms with Gasteiger partial charge in [-0.15, -0.1) is 0 Å². The molecule has 4 aromatic rings. The second-order valence-corrected chi connectivity index (χ2v) is 7.74. The second-order valence-electron chi connectivity index (χ2n) is 6.32. The minimum Gasteiger partial charge on any atom is -0.278 e. The summed E-state index contributed by atoms with van der Waals surface area (Å²) < 4.78 is 2.72. The van der Waals surface area contributed by atoms with Crippen molar-refractivity contribution in [3.63, 3.8) is 0 Å². The van der Waals surface area contributed by atoms with Crippen molar-refractivity contribution in [1.82, 2.24) is 19.7 Å². The van der Waals surface area contributed by atoms with Crippen molar-refractivity contribution in [2.45, 2.75) is 26.9 Å². The van der Waals surface area contributed by atoms with Crippen molar-refractivity contribution >= 4 is 44.2 Å². The van der Waals surface area contributed by atoms with Crippen LogP contribution in [0.4, 0.5) is 5.13 Å². The third-order valence-corrected chi connectivity index (χ3v) is 5.91. The van der Waals surface area contributed by atoms with Gasteiger partial charge in [0, 0.05) is 30.2 Å². The lowest BCUT2D eigenvalue weighted by molar-refractivity contribution is 0.0979. The van der Waals surface area contributed by atoms with Gasteiger partial charge >= 0.3 is 0 Å². The van der Waals surface area contributed by atoms with Gasteiger partial charge in [0.15, 0.2) is 10.8 Å². The van der Waals surface area contributed by atoms with Crippen LogP contribution in [0, 0.1) is 6.92 Å². The molecule has 0 aliphatic carbocycles. The van der Waals surface area contributed by atoms with Crippen LogP contribution < -0.4 is 4.90 Å². The topological polar surface area (TPSA) is 63.9 Å². The quantitative estimate of drug-likeness (QED) is 0.476. The number of pyridine rings is 1. The van der Waals surface area contributed by atoms with Crippen LogP contribution >= 0.6 is 22.9 Å². The largest absolute Gasteiger partial charge is 0.280 e. The molecule has 3 heterocycles. The van der Waals surface area contributed by atoms with E-state index in [4.69, 9.17) is 16.6 Å². The standard InChI is InChI=1S/C20H18ClN5OS/c1-3-25-10-8-16(24-25)19(27)26(12-14-5-4-9-22-11-14)20-23-18-13(2)15(21)6-7-17(18)28-20/h4-11H,3,12H2,1-2H3. The van der Waals surface area contributed by atoms with Gasteiger partial charge in [-0.25, -0.2) is 4.98 Å². The van der Waals surface area contributed by atoms with Gasteiger partial charge in [-0.2, -0.15) is 5.10 Å². The molecule has 0 unspecified atom stereocenters. The van der Waals surface area contributed by atoms with E-state index in [9.17, 15) is 4.79 Å². The van der Waals surface area contributed by atoms with E-state index in [0.29, 0.717) is 28.9 Å². The molecule has 0 saturated carbocycles. The summed E-state index contributed by atoms with van der Waals surface area (Å²) in [5.74, 6) is -0.196. The number of hydrogen-bond acceptors (Lipinski definition) is 5. The minimum absolute atomic E-state index is 0.196. The summed E-state index contributed by atoms with van der Waals surface area (Å²) in [5, 5.41) is 5.64. The predicted octanol–water partition coefficient (Wildman–Crippen LogP) is 4.72. The van der Waals surface area contributed by atoms with Gasteiger partial charge in [-0.1, -0.05) is 29.0 Å². The molecule has 8 heteroatoms. The van der Waals surface area contributed by atoms with Crippen molar-refractivity contribution in [1.29, 1.82) is 0 Å². The first-order valence-corrected chi connectivity index (χ1v) is 10.1. The van der Waals surface area contributed by atoms with Crippen LogP contribution in [-0.2, 0) is 13.1 Å². The highest BCUT2D eigenvalue weighted by Gasteiger charge is 2.24. The Morgan fingerprint density at radius 2 is 2.14 bits per heavy atom. The van der Waals surface area contributed by atoms with Crippen LogP contribution in [-0.4, -0.2) is 25.7 Å². The number of nitrogens with zero attached hydrogens (tertiary/aromatic N) is 5. The molecule has 4 rings (SSSR count). The minimum atomic E-state index is -0.196. The Morgan fingerprint density at radius 1 is 1.29 bits per heavy atom. The van der Waals surface area contributed by atoms with Crippen molar-refractivity contribution in [2.75, 3.05) is 4.90 Å². The molecule has 1 amide bonds. The molecule has 0 N–H and O–H groups in total. The summed E-state index contributed by atoms with van der Waals surface area (Å²) in [7, 11) is 0. The smallest absolute Gasteiger partial charge is 0.278 e. The van der Waals surface area contributed by atoms with Gasteiger partial charge < -0.3 is 0 Å². The number of halogens is 1. The average molecular weight is 412 g/mol. The highest BCUT2D eigenvalue weighted by molar-refractivity contribution is 7.22. The van der Waals surface area contributed by atoms with Crippen molar-refractivity contribution in [2.24, 2.45) is 0 Å². The number of aromatic nitrogens is 4. The van der Waals surface area contributed by atoms with E-state index < -0.39 is 0 Å². The van der Waals surface area contributed by atoms with Crippen molar-refractivity contribution < 1.29 is 4.79 Å². The molecule has 28 heavy (non-hydrogen) atoms. The monoisotopic (exact) mass is 411 g/mol. The second kappa shape index (κ2) is 7.69. The Kier molecular flexibility index (Phi) is 5.11. The highest BCUT2D eigenvalue weighted by atomic mass is 35.5. The number of fused-ring (bicyclic) bond motifs is 1. The van der Waals surface area contributed by atoms with E-state index in [1.54, 1.807) is 34.2 Å². The zero-order valence-corrected chi connectivity index (χ0v) is 17.0. The molecule has 0 atom stereocenters. The fraction of sp³-hybridized carbons (Fsp3) is 0.200. The van der Waals surface area contributed by atoms with Crippen LogP contribution in [0.2, 0.25) is 5.02 Å². The molecule has 1 aromatic carbocycles. The Hall–Kier alpha value is -2.77. The normalized spacial score (nSPS) is 11.1. The van der Waals surface area contributed by atoms with Gasteiger partial charge in [0.1, 0.15) is 0 Å². The Balaban J connectivity index is 1.78. The number of benzene rings is 1. The van der Waals surface area contributed by atoms with Gasteiger partial charge in [-0.3, -0.25) is 19.4 Å². The summed E-state index contributed by atoms with van der Waals surface area (Å²) in [6.45, 7) is 4.98. The summed E-state index contributed by atoms with van der Waals surface area (Å²) in [6, 6.07) is 9.32. The van der Waals surface area contributed by atoms with Crippen LogP contribution in [0.25, 0.3) is 10.2 Å². The number of aryl methyl sites for hydroxylation is 2. The molecule has 3 aromatic heterocycles. The molecule has 142 valence electrons. The molecule has 0 spiro atoms. The molecule has 0 fully saturated rings. The number of anilines is 1. The third-order valence-electron chi connectivity index (χ3n) is 4.46. The van der Waals surface area contributed by atoms with E-state index >= 15 is 0 Å². The molecular formula is C20H18ClN5OS. The number of hydrogen-bond donors (Lipinski definition) is 0. The van der Waals surface area contributed by atoms with Gasteiger partial charge in [0.05, 0.1) is 16.8 Å². The number of amides is 1. The summed E-state index contributed by atoms with van der Waals surface area (Å²) in [4.78, 5) is 23.8. The zero-order valence-electron chi connectivity index (χ0n) is 15.5. The first kappa shape index (κ1) is 18.6. The number of carbonyl (C=O) groups excluding carboxylic acids is 1. The van der Waals surface area contributed by atoms with Gasteiger partial charge in [0.2, 0.25) is 0 Å². The molecule has 6 nitrogen and oxygen atoms in total. The average Bonchev–Trinajstić information content (AvgIpc) is 3.36. The molecule has 0 bridgehead atoms. The number of carbonyl (C=O) groups is 1. The lowest BCUT2D eigenvalue weighted by atomic mass is 10.2. The SMILES string of the molecule is CCn1ccc(C(=O)N(Cc2cccnc2)c2nc3c(C)c(Cl)ccc3s2)n1. The maximum Gasteiger partial charge on any atom is 0.280 e. The first-order chi connectivity index (χ1) is 13.6.